The minimum Gasteiger partial charge on any atom is -0.302 e. The molecule has 2 aliphatic carbocycles. The molecule has 0 spiro atoms. The van der Waals surface area contributed by atoms with Crippen LogP contribution < -0.4 is 18.9 Å². The Balaban J connectivity index is 0.000000405. The number of halogens is 1. The molecule has 0 aromatic heterocycles. The number of rotatable bonds is 0. The molecule has 0 aliphatic heterocycles. The number of fused-ring (bicyclic) bond motifs is 1. The summed E-state index contributed by atoms with van der Waals surface area (Å²) in [4.78, 5) is 0.807. The van der Waals surface area contributed by atoms with Gasteiger partial charge >= 0.3 is 18.9 Å². The van der Waals surface area contributed by atoms with Crippen molar-refractivity contribution in [3.63, 3.8) is 0 Å². The third kappa shape index (κ3) is 1.56. The van der Waals surface area contributed by atoms with Gasteiger partial charge in [-0.2, -0.15) is 5.92 Å². The van der Waals surface area contributed by atoms with Gasteiger partial charge in [-0.3, -0.25) is 0 Å². The van der Waals surface area contributed by atoms with Crippen molar-refractivity contribution in [1.82, 2.24) is 0 Å². The molecular weight excluding hydrogens is 171 g/mol. The number of hydrogen-bond donors (Lipinski definition) is 0. The molecule has 0 aromatic carbocycles. The first-order chi connectivity index (χ1) is 3.88. The van der Waals surface area contributed by atoms with E-state index in [9.17, 15) is 0 Å². The molecule has 2 fully saturated rings. The van der Waals surface area contributed by atoms with Crippen LogP contribution in [0.1, 0.15) is 25.7 Å². The fourth-order valence-electron chi connectivity index (χ4n) is 1.63. The molecule has 46 valence electrons. The standard InChI is InChI=1S/C7H10Br.Li/c8-7-3-1-2-5-4-6(5)7;/h5,7H,1-4H2;/q-1;+1. The molecule has 2 rings (SSSR count). The monoisotopic (exact) mass is 180 g/mol. The van der Waals surface area contributed by atoms with Crippen LogP contribution in [0.2, 0.25) is 0 Å². The Morgan fingerprint density at radius 2 is 2.11 bits per heavy atom. The average molecular weight is 181 g/mol. The van der Waals surface area contributed by atoms with Crippen molar-refractivity contribution in [2.24, 2.45) is 5.92 Å². The quantitative estimate of drug-likeness (QED) is 0.269. The van der Waals surface area contributed by atoms with Crippen molar-refractivity contribution < 1.29 is 18.9 Å². The van der Waals surface area contributed by atoms with Crippen molar-refractivity contribution >= 4 is 15.9 Å². The normalized spacial score (nSPS) is 41.0. The minimum atomic E-state index is 0. The van der Waals surface area contributed by atoms with Crippen LogP contribution in [0.15, 0.2) is 0 Å². The summed E-state index contributed by atoms with van der Waals surface area (Å²) in [5, 5.41) is 0. The van der Waals surface area contributed by atoms with E-state index >= 15 is 0 Å². The summed E-state index contributed by atoms with van der Waals surface area (Å²) in [6.45, 7) is 0. The molecule has 0 saturated heterocycles. The van der Waals surface area contributed by atoms with Gasteiger partial charge in [0.2, 0.25) is 0 Å². The molecule has 0 N–H and O–H groups in total. The van der Waals surface area contributed by atoms with E-state index in [1.54, 1.807) is 5.92 Å². The van der Waals surface area contributed by atoms with Crippen LogP contribution in [0.4, 0.5) is 0 Å². The molecule has 0 nitrogen and oxygen atoms in total. The van der Waals surface area contributed by atoms with Crippen molar-refractivity contribution in [2.45, 2.75) is 30.5 Å². The first-order valence-corrected chi connectivity index (χ1v) is 4.29. The zero-order valence-corrected chi connectivity index (χ0v) is 7.45. The second-order valence-corrected chi connectivity index (χ2v) is 3.98. The second kappa shape index (κ2) is 2.99. The molecule has 0 bridgehead atoms. The summed E-state index contributed by atoms with van der Waals surface area (Å²) in [6, 6.07) is 0. The summed E-state index contributed by atoms with van der Waals surface area (Å²) in [5.74, 6) is 2.85. The van der Waals surface area contributed by atoms with Gasteiger partial charge in [-0.15, -0.1) is 20.8 Å². The maximum Gasteiger partial charge on any atom is 1.00 e. The summed E-state index contributed by atoms with van der Waals surface area (Å²) in [6.07, 6.45) is 5.77. The van der Waals surface area contributed by atoms with Gasteiger partial charge in [-0.25, -0.2) is 6.42 Å². The van der Waals surface area contributed by atoms with Gasteiger partial charge in [0.25, 0.3) is 0 Å². The maximum absolute atomic E-state index is 3.66. The maximum atomic E-state index is 3.66. The molecule has 2 atom stereocenters. The van der Waals surface area contributed by atoms with Crippen molar-refractivity contribution in [1.29, 1.82) is 0 Å². The molecule has 2 unspecified atom stereocenters. The molecule has 2 aliphatic rings. The number of alkyl halides is 1. The van der Waals surface area contributed by atoms with Gasteiger partial charge < -0.3 is 5.92 Å². The largest absolute Gasteiger partial charge is 1.00 e. The van der Waals surface area contributed by atoms with Gasteiger partial charge in [0.05, 0.1) is 0 Å². The van der Waals surface area contributed by atoms with Crippen LogP contribution in [-0.4, -0.2) is 4.83 Å². The van der Waals surface area contributed by atoms with Gasteiger partial charge in [0, 0.05) is 0 Å². The Labute approximate surface area is 77.1 Å². The van der Waals surface area contributed by atoms with E-state index in [1.165, 1.54) is 25.7 Å². The minimum absolute atomic E-state index is 0. The molecule has 0 heterocycles. The van der Waals surface area contributed by atoms with Crippen LogP contribution in [0, 0.1) is 11.8 Å². The second-order valence-electron chi connectivity index (χ2n) is 2.87. The Morgan fingerprint density at radius 1 is 1.33 bits per heavy atom. The molecule has 2 heteroatoms. The third-order valence-electron chi connectivity index (χ3n) is 2.26. The Kier molecular flexibility index (Phi) is 2.72. The van der Waals surface area contributed by atoms with E-state index in [0.29, 0.717) is 0 Å². The molecule has 0 aromatic rings. The van der Waals surface area contributed by atoms with Gasteiger partial charge in [0.1, 0.15) is 0 Å². The van der Waals surface area contributed by atoms with E-state index in [4.69, 9.17) is 0 Å². The SMILES string of the molecule is BrC1CCCC2C[C-]12.[Li+]. The van der Waals surface area contributed by atoms with Gasteiger partial charge in [0.15, 0.2) is 0 Å². The predicted octanol–water partition coefficient (Wildman–Crippen LogP) is -0.468. The molecule has 9 heavy (non-hydrogen) atoms. The van der Waals surface area contributed by atoms with Crippen molar-refractivity contribution in [3.05, 3.63) is 5.92 Å². The van der Waals surface area contributed by atoms with Crippen LogP contribution in [-0.2, 0) is 0 Å². The van der Waals surface area contributed by atoms with Gasteiger partial charge in [-0.1, -0.05) is 19.3 Å². The summed E-state index contributed by atoms with van der Waals surface area (Å²) in [5.41, 5.74) is 0. The molecule has 0 amide bonds. The molecule has 0 radical (unpaired) electrons. The van der Waals surface area contributed by atoms with E-state index < -0.39 is 0 Å². The van der Waals surface area contributed by atoms with Crippen molar-refractivity contribution in [3.8, 4) is 0 Å². The smallest absolute Gasteiger partial charge is 0.302 e. The van der Waals surface area contributed by atoms with Crippen LogP contribution >= 0.6 is 15.9 Å². The van der Waals surface area contributed by atoms with E-state index in [0.717, 1.165) is 10.7 Å². The summed E-state index contributed by atoms with van der Waals surface area (Å²) in [7, 11) is 0. The molecule has 2 saturated carbocycles. The van der Waals surface area contributed by atoms with E-state index in [1.807, 2.05) is 0 Å². The van der Waals surface area contributed by atoms with Crippen LogP contribution in [0.25, 0.3) is 0 Å². The Bertz CT molecular complexity index is 105. The van der Waals surface area contributed by atoms with Crippen molar-refractivity contribution in [2.75, 3.05) is 0 Å². The average Bonchev–Trinajstić information content (AvgIpc) is 2.45. The zero-order valence-electron chi connectivity index (χ0n) is 5.86. The Hall–Kier alpha value is 1.08. The van der Waals surface area contributed by atoms with Crippen LogP contribution in [0.5, 0.6) is 0 Å². The Morgan fingerprint density at radius 3 is 2.67 bits per heavy atom. The summed E-state index contributed by atoms with van der Waals surface area (Å²) < 4.78 is 0. The zero-order chi connectivity index (χ0) is 5.56. The van der Waals surface area contributed by atoms with E-state index in [2.05, 4.69) is 15.9 Å². The third-order valence-corrected chi connectivity index (χ3v) is 3.30. The topological polar surface area (TPSA) is 0 Å². The molecular formula is C7H10BrLi. The summed E-state index contributed by atoms with van der Waals surface area (Å²) >= 11 is 3.66. The first kappa shape index (κ1) is 8.18. The fourth-order valence-corrected chi connectivity index (χ4v) is 2.51. The van der Waals surface area contributed by atoms with Gasteiger partial charge in [-0.05, 0) is 0 Å². The van der Waals surface area contributed by atoms with Crippen LogP contribution in [0.3, 0.4) is 0 Å². The predicted molar refractivity (Wildman–Crippen MR) is 37.9 cm³/mol. The fraction of sp³-hybridized carbons (Fsp3) is 0.857. The first-order valence-electron chi connectivity index (χ1n) is 3.37. The number of hydrogen-bond acceptors (Lipinski definition) is 0. The van der Waals surface area contributed by atoms with E-state index in [-0.39, 0.29) is 18.9 Å².